The molecule has 0 unspecified atom stereocenters. The molecule has 1 aromatic carbocycles. The van der Waals surface area contributed by atoms with Crippen LogP contribution in [0.1, 0.15) is 0 Å². The summed E-state index contributed by atoms with van der Waals surface area (Å²) in [7, 11) is 0. The molecular formula is C6H4BrCl3Mg. The van der Waals surface area contributed by atoms with E-state index in [0.29, 0.717) is 10.0 Å². The van der Waals surface area contributed by atoms with E-state index < -0.39 is 0 Å². The standard InChI is InChI=1S/C6H3Cl2.BrH.ClH.Mg/c7-5-3-1-2-4-6(5)8;;;/h1-3H;2*1H;/q-1;;;+2/p-1. The molecule has 58 valence electrons. The van der Waals surface area contributed by atoms with Crippen molar-refractivity contribution in [1.29, 1.82) is 0 Å². The normalized spacial score (nSPS) is 6.73. The Labute approximate surface area is 109 Å². The van der Waals surface area contributed by atoms with Crippen LogP contribution in [0.25, 0.3) is 0 Å². The molecule has 0 aliphatic heterocycles. The van der Waals surface area contributed by atoms with Gasteiger partial charge in [0.25, 0.3) is 0 Å². The third kappa shape index (κ3) is 6.49. The minimum absolute atomic E-state index is 0. The van der Waals surface area contributed by atoms with Gasteiger partial charge in [0.1, 0.15) is 0 Å². The molecule has 0 saturated heterocycles. The van der Waals surface area contributed by atoms with Crippen molar-refractivity contribution in [3.8, 4) is 0 Å². The van der Waals surface area contributed by atoms with Crippen molar-refractivity contribution in [2.24, 2.45) is 0 Å². The quantitative estimate of drug-likeness (QED) is 0.465. The fourth-order valence-electron chi connectivity index (χ4n) is 0.396. The molecule has 0 amide bonds. The SMILES string of the molecule is Br.Clc1[c-]cccc1Cl.[Cl-].[Mg+2]. The van der Waals surface area contributed by atoms with Gasteiger partial charge in [0.2, 0.25) is 0 Å². The molecule has 0 aliphatic rings. The summed E-state index contributed by atoms with van der Waals surface area (Å²) in [5, 5.41) is 1.03. The maximum absolute atomic E-state index is 5.55. The summed E-state index contributed by atoms with van der Waals surface area (Å²) in [4.78, 5) is 0. The fourth-order valence-corrected chi connectivity index (χ4v) is 0.649. The Morgan fingerprint density at radius 2 is 1.82 bits per heavy atom. The number of hydrogen-bond acceptors (Lipinski definition) is 0. The van der Waals surface area contributed by atoms with Gasteiger partial charge in [-0.1, -0.05) is 10.0 Å². The first-order valence-electron chi connectivity index (χ1n) is 2.12. The molecule has 0 bridgehead atoms. The molecule has 0 spiro atoms. The van der Waals surface area contributed by atoms with Crippen LogP contribution in [0.4, 0.5) is 0 Å². The van der Waals surface area contributed by atoms with Crippen LogP contribution in [0.3, 0.4) is 0 Å². The summed E-state index contributed by atoms with van der Waals surface area (Å²) in [6.45, 7) is 0. The van der Waals surface area contributed by atoms with Gasteiger partial charge in [-0.3, -0.25) is 0 Å². The van der Waals surface area contributed by atoms with Crippen molar-refractivity contribution in [3.63, 3.8) is 0 Å². The molecule has 0 radical (unpaired) electrons. The van der Waals surface area contributed by atoms with Crippen molar-refractivity contribution in [3.05, 3.63) is 34.3 Å². The second-order valence-corrected chi connectivity index (χ2v) is 2.12. The number of hydrogen-bond donors (Lipinski definition) is 0. The number of rotatable bonds is 0. The van der Waals surface area contributed by atoms with E-state index in [9.17, 15) is 0 Å². The Kier molecular flexibility index (Phi) is 15.6. The summed E-state index contributed by atoms with van der Waals surface area (Å²) in [6.07, 6.45) is 0. The van der Waals surface area contributed by atoms with Crippen LogP contribution < -0.4 is 12.4 Å². The first-order valence-corrected chi connectivity index (χ1v) is 2.88. The van der Waals surface area contributed by atoms with E-state index in [4.69, 9.17) is 23.2 Å². The Bertz CT molecular complexity index is 174. The molecule has 11 heavy (non-hydrogen) atoms. The molecule has 5 heteroatoms. The summed E-state index contributed by atoms with van der Waals surface area (Å²) < 4.78 is 0. The largest absolute Gasteiger partial charge is 2.00 e. The monoisotopic (exact) mass is 284 g/mol. The molecule has 0 aliphatic carbocycles. The van der Waals surface area contributed by atoms with Crippen molar-refractivity contribution in [1.82, 2.24) is 0 Å². The van der Waals surface area contributed by atoms with Gasteiger partial charge in [-0.15, -0.1) is 28.6 Å². The van der Waals surface area contributed by atoms with E-state index in [1.54, 1.807) is 18.2 Å². The predicted molar refractivity (Wildman–Crippen MR) is 51.4 cm³/mol. The zero-order valence-corrected chi connectivity index (χ0v) is 10.9. The zero-order valence-electron chi connectivity index (χ0n) is 5.48. The minimum atomic E-state index is 0. The average Bonchev–Trinajstić information content (AvgIpc) is 1.77. The van der Waals surface area contributed by atoms with Gasteiger partial charge in [-0.25, -0.2) is 0 Å². The van der Waals surface area contributed by atoms with Crippen LogP contribution in [0.15, 0.2) is 18.2 Å². The van der Waals surface area contributed by atoms with Crippen molar-refractivity contribution in [2.45, 2.75) is 0 Å². The molecule has 0 heterocycles. The summed E-state index contributed by atoms with van der Waals surface area (Å²) in [5.41, 5.74) is 0. The molecule has 1 rings (SSSR count). The average molecular weight is 287 g/mol. The third-order valence-electron chi connectivity index (χ3n) is 0.759. The van der Waals surface area contributed by atoms with Crippen LogP contribution in [0.5, 0.6) is 0 Å². The molecule has 0 nitrogen and oxygen atoms in total. The Balaban J connectivity index is -0.000000213. The molecule has 0 fully saturated rings. The molecule has 0 aromatic heterocycles. The van der Waals surface area contributed by atoms with Gasteiger partial charge in [-0.05, 0) is 0 Å². The van der Waals surface area contributed by atoms with Gasteiger partial charge in [-0.2, -0.15) is 35.9 Å². The Morgan fingerprint density at radius 3 is 2.09 bits per heavy atom. The number of benzene rings is 1. The fraction of sp³-hybridized carbons (Fsp3) is 0. The molecule has 0 saturated carbocycles. The van der Waals surface area contributed by atoms with Crippen LogP contribution in [0, 0.1) is 6.07 Å². The second kappa shape index (κ2) is 9.42. The smallest absolute Gasteiger partial charge is 1.00 e. The van der Waals surface area contributed by atoms with E-state index in [1.165, 1.54) is 0 Å². The summed E-state index contributed by atoms with van der Waals surface area (Å²) in [5.74, 6) is 0. The van der Waals surface area contributed by atoms with E-state index in [2.05, 4.69) is 6.07 Å². The van der Waals surface area contributed by atoms with E-state index >= 15 is 0 Å². The molecule has 0 atom stereocenters. The van der Waals surface area contributed by atoms with Gasteiger partial charge in [0.05, 0.1) is 0 Å². The maximum Gasteiger partial charge on any atom is 2.00 e. The first-order chi connectivity index (χ1) is 3.80. The topological polar surface area (TPSA) is 0 Å². The van der Waals surface area contributed by atoms with Crippen molar-refractivity contribution < 1.29 is 12.4 Å². The summed E-state index contributed by atoms with van der Waals surface area (Å²) in [6, 6.07) is 7.96. The second-order valence-electron chi connectivity index (χ2n) is 1.33. The zero-order chi connectivity index (χ0) is 5.98. The van der Waals surface area contributed by atoms with E-state index in [0.717, 1.165) is 0 Å². The van der Waals surface area contributed by atoms with Crippen LogP contribution in [0.2, 0.25) is 10.0 Å². The van der Waals surface area contributed by atoms with E-state index in [1.807, 2.05) is 0 Å². The van der Waals surface area contributed by atoms with Gasteiger partial charge < -0.3 is 12.4 Å². The van der Waals surface area contributed by atoms with Crippen LogP contribution >= 0.6 is 40.2 Å². The molecule has 0 N–H and O–H groups in total. The molecular weight excluding hydrogens is 283 g/mol. The summed E-state index contributed by atoms with van der Waals surface area (Å²) >= 11 is 11.1. The molecule has 1 aromatic rings. The van der Waals surface area contributed by atoms with Gasteiger partial charge >= 0.3 is 23.1 Å². The van der Waals surface area contributed by atoms with Crippen molar-refractivity contribution in [2.75, 3.05) is 0 Å². The Hall–Kier alpha value is 1.34. The minimum Gasteiger partial charge on any atom is -1.00 e. The third-order valence-corrected chi connectivity index (χ3v) is 1.48. The Morgan fingerprint density at radius 1 is 1.27 bits per heavy atom. The van der Waals surface area contributed by atoms with Crippen LogP contribution in [-0.4, -0.2) is 23.1 Å². The van der Waals surface area contributed by atoms with Gasteiger partial charge in [0, 0.05) is 0 Å². The first kappa shape index (κ1) is 18.2. The maximum atomic E-state index is 5.55. The number of halogens is 4. The van der Waals surface area contributed by atoms with Crippen molar-refractivity contribution >= 4 is 63.2 Å². The van der Waals surface area contributed by atoms with Crippen LogP contribution in [-0.2, 0) is 0 Å². The predicted octanol–water partition coefficient (Wildman–Crippen LogP) is -0.00531. The van der Waals surface area contributed by atoms with E-state index in [-0.39, 0.29) is 52.4 Å². The van der Waals surface area contributed by atoms with Gasteiger partial charge in [0.15, 0.2) is 0 Å².